The van der Waals surface area contributed by atoms with E-state index in [2.05, 4.69) is 55.5 Å². The summed E-state index contributed by atoms with van der Waals surface area (Å²) in [5, 5.41) is 13.8. The molecule has 22 heavy (non-hydrogen) atoms. The van der Waals surface area contributed by atoms with Gasteiger partial charge in [0.15, 0.2) is 0 Å². The summed E-state index contributed by atoms with van der Waals surface area (Å²) in [4.78, 5) is 5.73. The number of fused-ring (bicyclic) bond motifs is 1. The van der Waals surface area contributed by atoms with E-state index < -0.39 is 0 Å². The summed E-state index contributed by atoms with van der Waals surface area (Å²) < 4.78 is 1.07. The Bertz CT molecular complexity index is 647. The van der Waals surface area contributed by atoms with Crippen LogP contribution in [0.4, 0.5) is 0 Å². The Labute approximate surface area is 151 Å². The van der Waals surface area contributed by atoms with Crippen LogP contribution < -0.4 is 5.32 Å². The maximum absolute atomic E-state index is 9.18. The first-order valence-electron chi connectivity index (χ1n) is 6.88. The lowest BCUT2D eigenvalue weighted by atomic mass is 10.0. The van der Waals surface area contributed by atoms with E-state index in [9.17, 15) is 5.26 Å². The first kappa shape index (κ1) is 19.3. The molecule has 0 bridgehead atoms. The maximum atomic E-state index is 9.18. The van der Waals surface area contributed by atoms with Gasteiger partial charge in [-0.05, 0) is 23.8 Å². The number of nitrogens with one attached hydrogen (secondary N) is 2. The van der Waals surface area contributed by atoms with Crippen molar-refractivity contribution >= 4 is 51.6 Å². The summed E-state index contributed by atoms with van der Waals surface area (Å²) in [7, 11) is 0. The molecule has 0 aliphatic carbocycles. The van der Waals surface area contributed by atoms with Crippen molar-refractivity contribution in [1.82, 2.24) is 15.2 Å². The minimum atomic E-state index is 0. The average Bonchev–Trinajstić information content (AvgIpc) is 2.88. The molecule has 3 rings (SSSR count). The highest BCUT2D eigenvalue weighted by Gasteiger charge is 2.24. The topological polar surface area (TPSA) is 54.9 Å². The molecule has 1 aromatic carbocycles. The van der Waals surface area contributed by atoms with Crippen LogP contribution in [0.1, 0.15) is 18.0 Å². The predicted molar refractivity (Wildman–Crippen MR) is 97.9 cm³/mol. The van der Waals surface area contributed by atoms with Crippen molar-refractivity contribution in [3.05, 3.63) is 34.4 Å². The van der Waals surface area contributed by atoms with Gasteiger partial charge in [-0.25, -0.2) is 0 Å². The lowest BCUT2D eigenvalue weighted by Crippen LogP contribution is -2.45. The van der Waals surface area contributed by atoms with Gasteiger partial charge in [-0.1, -0.05) is 15.9 Å². The number of piperazine rings is 1. The van der Waals surface area contributed by atoms with Gasteiger partial charge in [-0.3, -0.25) is 4.90 Å². The second-order valence-corrected chi connectivity index (χ2v) is 6.01. The third-order valence-corrected chi connectivity index (χ3v) is 4.41. The summed E-state index contributed by atoms with van der Waals surface area (Å²) >= 11 is 3.53. The normalized spacial score (nSPS) is 16.4. The number of benzene rings is 1. The zero-order chi connectivity index (χ0) is 13.9. The Balaban J connectivity index is 0.00000121. The molecule has 1 fully saturated rings. The monoisotopic (exact) mass is 404 g/mol. The molecule has 2 N–H and O–H groups in total. The van der Waals surface area contributed by atoms with E-state index in [-0.39, 0.29) is 30.9 Å². The Hall–Kier alpha value is -0.770. The molecule has 2 heterocycles. The van der Waals surface area contributed by atoms with Crippen molar-refractivity contribution in [3.8, 4) is 6.07 Å². The van der Waals surface area contributed by atoms with Crippen LogP contribution in [0.2, 0.25) is 0 Å². The van der Waals surface area contributed by atoms with E-state index in [1.165, 1.54) is 10.9 Å². The summed E-state index contributed by atoms with van der Waals surface area (Å²) in [6, 6.07) is 8.76. The molecule has 1 aromatic heterocycles. The van der Waals surface area contributed by atoms with Crippen molar-refractivity contribution in [3.63, 3.8) is 0 Å². The fraction of sp³-hybridized carbons (Fsp3) is 0.400. The molecule has 120 valence electrons. The van der Waals surface area contributed by atoms with E-state index in [1.54, 1.807) is 0 Å². The van der Waals surface area contributed by atoms with Gasteiger partial charge in [0.05, 0.1) is 12.5 Å². The predicted octanol–water partition coefficient (Wildman–Crippen LogP) is 3.63. The SMILES string of the molecule is Cl.Cl.N#CC[C@@H](c1c[nH]c2ccc(Br)cc12)N1CCNCC1. The summed E-state index contributed by atoms with van der Waals surface area (Å²) in [5.41, 5.74) is 2.35. The number of aromatic nitrogens is 1. The van der Waals surface area contributed by atoms with Gasteiger partial charge in [-0.2, -0.15) is 5.26 Å². The highest BCUT2D eigenvalue weighted by atomic mass is 79.9. The molecular weight excluding hydrogens is 387 g/mol. The number of hydrogen-bond acceptors (Lipinski definition) is 3. The second kappa shape index (κ2) is 8.76. The Morgan fingerprint density at radius 3 is 2.68 bits per heavy atom. The summed E-state index contributed by atoms with van der Waals surface area (Å²) in [5.74, 6) is 0. The summed E-state index contributed by atoms with van der Waals surface area (Å²) in [6.45, 7) is 3.97. The molecule has 4 nitrogen and oxygen atoms in total. The minimum absolute atomic E-state index is 0. The van der Waals surface area contributed by atoms with Gasteiger partial charge in [0, 0.05) is 53.8 Å². The largest absolute Gasteiger partial charge is 0.361 e. The number of rotatable bonds is 3. The average molecular weight is 406 g/mol. The van der Waals surface area contributed by atoms with Crippen molar-refractivity contribution in [1.29, 1.82) is 5.26 Å². The first-order chi connectivity index (χ1) is 9.79. The van der Waals surface area contributed by atoms with Gasteiger partial charge < -0.3 is 10.3 Å². The molecule has 1 aliphatic heterocycles. The Kier molecular flexibility index (Phi) is 7.67. The van der Waals surface area contributed by atoms with Gasteiger partial charge in [0.2, 0.25) is 0 Å². The Morgan fingerprint density at radius 1 is 1.27 bits per heavy atom. The molecule has 0 saturated carbocycles. The molecule has 0 amide bonds. The van der Waals surface area contributed by atoms with Crippen LogP contribution in [-0.2, 0) is 0 Å². The minimum Gasteiger partial charge on any atom is -0.361 e. The van der Waals surface area contributed by atoms with Crippen LogP contribution in [0.15, 0.2) is 28.9 Å². The lowest BCUT2D eigenvalue weighted by Gasteiger charge is -2.33. The summed E-state index contributed by atoms with van der Waals surface area (Å²) in [6.07, 6.45) is 2.58. The van der Waals surface area contributed by atoms with Crippen LogP contribution in [0.5, 0.6) is 0 Å². The smallest absolute Gasteiger partial charge is 0.0641 e. The van der Waals surface area contributed by atoms with Crippen molar-refractivity contribution in [2.75, 3.05) is 26.2 Å². The van der Waals surface area contributed by atoms with Crippen LogP contribution in [-0.4, -0.2) is 36.1 Å². The van der Waals surface area contributed by atoms with Crippen molar-refractivity contribution < 1.29 is 0 Å². The molecule has 0 radical (unpaired) electrons. The van der Waals surface area contributed by atoms with Gasteiger partial charge in [0.25, 0.3) is 0 Å². The fourth-order valence-electron chi connectivity index (χ4n) is 2.91. The quantitative estimate of drug-likeness (QED) is 0.819. The van der Waals surface area contributed by atoms with Crippen LogP contribution in [0.25, 0.3) is 10.9 Å². The van der Waals surface area contributed by atoms with E-state index in [4.69, 9.17) is 0 Å². The Morgan fingerprint density at radius 2 is 2.00 bits per heavy atom. The molecular formula is C15H19BrCl2N4. The molecule has 7 heteroatoms. The van der Waals surface area contributed by atoms with Crippen molar-refractivity contribution in [2.45, 2.75) is 12.5 Å². The van der Waals surface area contributed by atoms with Crippen LogP contribution in [0, 0.1) is 11.3 Å². The fourth-order valence-corrected chi connectivity index (χ4v) is 3.27. The molecule has 1 aliphatic rings. The number of halogens is 3. The van der Waals surface area contributed by atoms with Crippen LogP contribution >= 0.6 is 40.7 Å². The van der Waals surface area contributed by atoms with Crippen molar-refractivity contribution in [2.24, 2.45) is 0 Å². The molecule has 2 aromatic rings. The lowest BCUT2D eigenvalue weighted by molar-refractivity contribution is 0.176. The molecule has 1 atom stereocenters. The highest BCUT2D eigenvalue weighted by Crippen LogP contribution is 2.32. The third kappa shape index (κ3) is 3.95. The van der Waals surface area contributed by atoms with Crippen LogP contribution in [0.3, 0.4) is 0 Å². The second-order valence-electron chi connectivity index (χ2n) is 5.10. The third-order valence-electron chi connectivity index (χ3n) is 3.91. The zero-order valence-electron chi connectivity index (χ0n) is 12.0. The maximum Gasteiger partial charge on any atom is 0.0641 e. The number of H-pyrrole nitrogens is 1. The van der Waals surface area contributed by atoms with E-state index in [0.29, 0.717) is 6.42 Å². The van der Waals surface area contributed by atoms with E-state index in [0.717, 1.165) is 36.2 Å². The zero-order valence-corrected chi connectivity index (χ0v) is 15.2. The molecule has 1 saturated heterocycles. The number of nitriles is 1. The first-order valence-corrected chi connectivity index (χ1v) is 7.67. The van der Waals surface area contributed by atoms with E-state index in [1.807, 2.05) is 6.07 Å². The number of nitrogens with zero attached hydrogens (tertiary/aromatic N) is 2. The number of hydrogen-bond donors (Lipinski definition) is 2. The van der Waals surface area contributed by atoms with Gasteiger partial charge >= 0.3 is 0 Å². The van der Waals surface area contributed by atoms with E-state index >= 15 is 0 Å². The van der Waals surface area contributed by atoms with Gasteiger partial charge in [0.1, 0.15) is 0 Å². The molecule has 0 spiro atoms. The van der Waals surface area contributed by atoms with Gasteiger partial charge in [-0.15, -0.1) is 24.8 Å². The highest BCUT2D eigenvalue weighted by molar-refractivity contribution is 9.10. The number of aromatic amines is 1. The standard InChI is InChI=1S/C15H17BrN4.2ClH/c16-11-1-2-14-12(9-11)13(10-19-14)15(3-4-17)20-7-5-18-6-8-20;;/h1-2,9-10,15,18-19H,3,5-8H2;2*1H/t15-;;/m0../s1. The molecule has 0 unspecified atom stereocenters.